The molecule has 2 heterocycles. The highest BCUT2D eigenvalue weighted by Crippen LogP contribution is 2.37. The summed E-state index contributed by atoms with van der Waals surface area (Å²) in [6.45, 7) is 5.51. The van der Waals surface area contributed by atoms with E-state index in [2.05, 4.69) is 16.3 Å². The number of quaternary nitrogens is 1. The lowest BCUT2D eigenvalue weighted by molar-refractivity contribution is -0.892. The standard InChI is InChI=1S/C23H26N4O2S/c1-16(28)17-6-8-18(9-7-17)27-12-10-26(11-13-27)15-22(29)25-23-20(14-24)19-4-2-3-5-21(19)30-23/h6-9H,2-5,10-13,15H2,1H3,(H,25,29)/p+1. The summed E-state index contributed by atoms with van der Waals surface area (Å²) < 4.78 is 0. The summed E-state index contributed by atoms with van der Waals surface area (Å²) >= 11 is 1.58. The van der Waals surface area contributed by atoms with E-state index in [0.717, 1.165) is 73.7 Å². The van der Waals surface area contributed by atoms with Crippen LogP contribution in [0.3, 0.4) is 0 Å². The maximum Gasteiger partial charge on any atom is 0.280 e. The molecule has 0 radical (unpaired) electrons. The highest BCUT2D eigenvalue weighted by atomic mass is 32.1. The summed E-state index contributed by atoms with van der Waals surface area (Å²) in [4.78, 5) is 28.9. The molecule has 1 aromatic heterocycles. The van der Waals surface area contributed by atoms with E-state index in [1.165, 1.54) is 9.78 Å². The van der Waals surface area contributed by atoms with Crippen molar-refractivity contribution in [3.05, 3.63) is 45.8 Å². The van der Waals surface area contributed by atoms with Crippen LogP contribution in [-0.4, -0.2) is 44.4 Å². The Kier molecular flexibility index (Phi) is 6.16. The average Bonchev–Trinajstić information content (AvgIpc) is 3.11. The highest BCUT2D eigenvalue weighted by Gasteiger charge is 2.25. The molecule has 7 heteroatoms. The van der Waals surface area contributed by atoms with E-state index >= 15 is 0 Å². The Labute approximate surface area is 181 Å². The van der Waals surface area contributed by atoms with Crippen LogP contribution in [0.2, 0.25) is 0 Å². The number of piperazine rings is 1. The van der Waals surface area contributed by atoms with E-state index < -0.39 is 0 Å². The maximum absolute atomic E-state index is 12.6. The van der Waals surface area contributed by atoms with Crippen LogP contribution >= 0.6 is 11.3 Å². The third kappa shape index (κ3) is 4.40. The monoisotopic (exact) mass is 423 g/mol. The molecule has 6 nitrogen and oxygen atoms in total. The molecule has 156 valence electrons. The molecular weight excluding hydrogens is 396 g/mol. The van der Waals surface area contributed by atoms with Crippen LogP contribution in [0.5, 0.6) is 0 Å². The molecule has 1 aliphatic carbocycles. The summed E-state index contributed by atoms with van der Waals surface area (Å²) in [7, 11) is 0. The van der Waals surface area contributed by atoms with Gasteiger partial charge in [0.15, 0.2) is 12.3 Å². The van der Waals surface area contributed by atoms with Crippen molar-refractivity contribution in [2.75, 3.05) is 42.9 Å². The minimum absolute atomic E-state index is 0.0145. The first-order valence-corrected chi connectivity index (χ1v) is 11.4. The fourth-order valence-electron chi connectivity index (χ4n) is 4.33. The van der Waals surface area contributed by atoms with Gasteiger partial charge >= 0.3 is 0 Å². The Hall–Kier alpha value is -2.69. The molecule has 0 saturated carbocycles. The number of hydrogen-bond donors (Lipinski definition) is 2. The van der Waals surface area contributed by atoms with Crippen LogP contribution in [0.4, 0.5) is 10.7 Å². The number of nitrogens with one attached hydrogen (secondary N) is 2. The lowest BCUT2D eigenvalue weighted by atomic mass is 9.96. The minimum atomic E-state index is -0.0145. The van der Waals surface area contributed by atoms with Gasteiger partial charge in [-0.2, -0.15) is 5.26 Å². The fraction of sp³-hybridized carbons (Fsp3) is 0.435. The summed E-state index contributed by atoms with van der Waals surface area (Å²) in [5, 5.41) is 13.3. The molecule has 2 aromatic rings. The number of anilines is 2. The van der Waals surface area contributed by atoms with Gasteiger partial charge in [0.1, 0.15) is 11.1 Å². The van der Waals surface area contributed by atoms with Crippen molar-refractivity contribution in [2.45, 2.75) is 32.6 Å². The van der Waals surface area contributed by atoms with Crippen LogP contribution in [0.15, 0.2) is 24.3 Å². The number of benzene rings is 1. The number of amides is 1. The Bertz CT molecular complexity index is 982. The van der Waals surface area contributed by atoms with E-state index in [4.69, 9.17) is 0 Å². The van der Waals surface area contributed by atoms with Crippen LogP contribution in [-0.2, 0) is 17.6 Å². The van der Waals surface area contributed by atoms with E-state index in [9.17, 15) is 14.9 Å². The molecule has 2 aliphatic rings. The maximum atomic E-state index is 12.6. The molecule has 1 fully saturated rings. The van der Waals surface area contributed by atoms with Crippen molar-refractivity contribution in [2.24, 2.45) is 0 Å². The van der Waals surface area contributed by atoms with E-state index in [-0.39, 0.29) is 11.7 Å². The van der Waals surface area contributed by atoms with Gasteiger partial charge in [-0.05, 0) is 62.4 Å². The van der Waals surface area contributed by atoms with E-state index in [1.807, 2.05) is 24.3 Å². The summed E-state index contributed by atoms with van der Waals surface area (Å²) in [6, 6.07) is 10.0. The van der Waals surface area contributed by atoms with E-state index in [1.54, 1.807) is 18.3 Å². The number of thiophene rings is 1. The van der Waals surface area contributed by atoms with Crippen molar-refractivity contribution >= 4 is 33.7 Å². The van der Waals surface area contributed by atoms with Crippen LogP contribution < -0.4 is 15.1 Å². The lowest BCUT2D eigenvalue weighted by Gasteiger charge is -2.33. The van der Waals surface area contributed by atoms with Crippen LogP contribution in [0.1, 0.15) is 46.1 Å². The zero-order valence-electron chi connectivity index (χ0n) is 17.3. The molecule has 2 N–H and O–H groups in total. The number of fused-ring (bicyclic) bond motifs is 1. The Morgan fingerprint density at radius 3 is 2.53 bits per heavy atom. The summed E-state index contributed by atoms with van der Waals surface area (Å²) in [5.74, 6) is 0.0623. The SMILES string of the molecule is CC(=O)c1ccc(N2CC[NH+](CC(=O)Nc3sc4c(c3C#N)CCCC4)CC2)cc1. The topological polar surface area (TPSA) is 77.6 Å². The van der Waals surface area contributed by atoms with Gasteiger partial charge < -0.3 is 15.1 Å². The molecule has 1 aliphatic heterocycles. The first kappa shape index (κ1) is 20.6. The molecule has 0 unspecified atom stereocenters. The second-order valence-electron chi connectivity index (χ2n) is 8.09. The van der Waals surface area contributed by atoms with Gasteiger partial charge in [-0.15, -0.1) is 11.3 Å². The molecule has 4 rings (SSSR count). The molecule has 30 heavy (non-hydrogen) atoms. The average molecular weight is 424 g/mol. The number of aryl methyl sites for hydroxylation is 1. The lowest BCUT2D eigenvalue weighted by Crippen LogP contribution is -3.15. The van der Waals surface area contributed by atoms with Crippen molar-refractivity contribution in [3.63, 3.8) is 0 Å². The Morgan fingerprint density at radius 1 is 1.17 bits per heavy atom. The normalized spacial score (nSPS) is 16.6. The first-order valence-electron chi connectivity index (χ1n) is 10.6. The second kappa shape index (κ2) is 8.99. The van der Waals surface area contributed by atoms with Crippen LogP contribution in [0.25, 0.3) is 0 Å². The molecule has 1 amide bonds. The van der Waals surface area contributed by atoms with Crippen LogP contribution in [0, 0.1) is 11.3 Å². The predicted octanol–water partition coefficient (Wildman–Crippen LogP) is 2.04. The number of rotatable bonds is 5. The Balaban J connectivity index is 1.31. The second-order valence-corrected chi connectivity index (χ2v) is 9.20. The number of carbonyl (C=O) groups is 2. The van der Waals surface area contributed by atoms with Crippen molar-refractivity contribution in [1.82, 2.24) is 0 Å². The predicted molar refractivity (Wildman–Crippen MR) is 119 cm³/mol. The van der Waals surface area contributed by atoms with E-state index in [0.29, 0.717) is 12.1 Å². The van der Waals surface area contributed by atoms with Crippen molar-refractivity contribution < 1.29 is 14.5 Å². The molecule has 0 spiro atoms. The van der Waals surface area contributed by atoms with Gasteiger partial charge in [0, 0.05) is 16.1 Å². The van der Waals surface area contributed by atoms with Gasteiger partial charge in [-0.3, -0.25) is 9.59 Å². The van der Waals surface area contributed by atoms with Gasteiger partial charge in [0.05, 0.1) is 31.7 Å². The van der Waals surface area contributed by atoms with Crippen molar-refractivity contribution in [1.29, 1.82) is 5.26 Å². The third-order valence-corrected chi connectivity index (χ3v) is 7.26. The number of nitrogens with zero attached hydrogens (tertiary/aromatic N) is 2. The summed E-state index contributed by atoms with van der Waals surface area (Å²) in [5.41, 5.74) is 3.68. The first-order chi connectivity index (χ1) is 14.5. The smallest absolute Gasteiger partial charge is 0.280 e. The van der Waals surface area contributed by atoms with Gasteiger partial charge in [0.2, 0.25) is 0 Å². The molecule has 1 aromatic carbocycles. The zero-order valence-corrected chi connectivity index (χ0v) is 18.1. The Morgan fingerprint density at radius 2 is 1.87 bits per heavy atom. The molecule has 1 saturated heterocycles. The number of hydrogen-bond acceptors (Lipinski definition) is 5. The number of Topliss-reactive ketones (excluding diaryl/α,β-unsaturated/α-hetero) is 1. The van der Waals surface area contributed by atoms with Crippen molar-refractivity contribution in [3.8, 4) is 6.07 Å². The van der Waals surface area contributed by atoms with Gasteiger partial charge in [-0.25, -0.2) is 0 Å². The molecular formula is C23H27N4O2S+. The zero-order chi connectivity index (χ0) is 21.1. The number of carbonyl (C=O) groups excluding carboxylic acids is 2. The number of nitriles is 1. The molecule has 0 bridgehead atoms. The number of ketones is 1. The fourth-order valence-corrected chi connectivity index (χ4v) is 5.59. The third-order valence-electron chi connectivity index (χ3n) is 6.06. The minimum Gasteiger partial charge on any atom is -0.360 e. The van der Waals surface area contributed by atoms with Gasteiger partial charge in [-0.1, -0.05) is 0 Å². The largest absolute Gasteiger partial charge is 0.360 e. The quantitative estimate of drug-likeness (QED) is 0.722. The molecule has 0 atom stereocenters. The highest BCUT2D eigenvalue weighted by molar-refractivity contribution is 7.16. The summed E-state index contributed by atoms with van der Waals surface area (Å²) in [6.07, 6.45) is 4.26. The van der Waals surface area contributed by atoms with Gasteiger partial charge in [0.25, 0.3) is 5.91 Å².